The van der Waals surface area contributed by atoms with Crippen LogP contribution < -0.4 is 5.32 Å². The van der Waals surface area contributed by atoms with E-state index in [2.05, 4.69) is 71.2 Å². The second kappa shape index (κ2) is 8.16. The van der Waals surface area contributed by atoms with Crippen LogP contribution in [-0.4, -0.2) is 26.6 Å². The van der Waals surface area contributed by atoms with E-state index in [1.165, 1.54) is 31.2 Å². The monoisotopic (exact) mass is 483 g/mol. The van der Waals surface area contributed by atoms with E-state index < -0.39 is 0 Å². The largest absolute Gasteiger partial charge is 0.372 e. The van der Waals surface area contributed by atoms with E-state index in [0.717, 1.165) is 44.6 Å². The molecule has 7 heteroatoms. The molecule has 0 bridgehead atoms. The normalized spacial score (nSPS) is 19.0. The van der Waals surface area contributed by atoms with E-state index in [1.54, 1.807) is 6.33 Å². The van der Waals surface area contributed by atoms with Gasteiger partial charge < -0.3 is 9.88 Å². The van der Waals surface area contributed by atoms with E-state index >= 15 is 0 Å². The Morgan fingerprint density at radius 3 is 2.97 bits per heavy atom. The highest BCUT2D eigenvalue weighted by Crippen LogP contribution is 2.39. The smallest absolute Gasteiger partial charge is 0.145 e. The summed E-state index contributed by atoms with van der Waals surface area (Å²) in [6.07, 6.45) is 9.76. The molecule has 1 saturated carbocycles. The van der Waals surface area contributed by atoms with Gasteiger partial charge in [0.05, 0.1) is 15.4 Å². The highest BCUT2D eigenvalue weighted by molar-refractivity contribution is 9.10. The predicted molar refractivity (Wildman–Crippen MR) is 126 cm³/mol. The topological polar surface area (TPSA) is 55.6 Å². The summed E-state index contributed by atoms with van der Waals surface area (Å²) < 4.78 is 3.18. The number of nitrogens with one attached hydrogen (secondary N) is 1. The van der Waals surface area contributed by atoms with Crippen molar-refractivity contribution in [2.45, 2.75) is 38.1 Å². The van der Waals surface area contributed by atoms with Crippen molar-refractivity contribution >= 4 is 55.3 Å². The van der Waals surface area contributed by atoms with E-state index in [1.807, 2.05) is 13.1 Å². The molecule has 30 heavy (non-hydrogen) atoms. The van der Waals surface area contributed by atoms with Crippen molar-refractivity contribution in [3.63, 3.8) is 0 Å². The van der Waals surface area contributed by atoms with Crippen molar-refractivity contribution in [2.24, 2.45) is 5.92 Å². The van der Waals surface area contributed by atoms with Gasteiger partial charge in [0.1, 0.15) is 22.9 Å². The van der Waals surface area contributed by atoms with Crippen LogP contribution in [0.3, 0.4) is 0 Å². The number of halogens is 2. The zero-order chi connectivity index (χ0) is 20.7. The van der Waals surface area contributed by atoms with Gasteiger partial charge in [-0.05, 0) is 77.7 Å². The number of aromatic nitrogens is 4. The molecule has 0 spiro atoms. The van der Waals surface area contributed by atoms with Crippen LogP contribution >= 0.6 is 27.5 Å². The summed E-state index contributed by atoms with van der Waals surface area (Å²) in [6, 6.07) is 11.2. The quantitative estimate of drug-likeness (QED) is 0.332. The number of hydrogen-bond donors (Lipinski definition) is 1. The first-order valence-electron chi connectivity index (χ1n) is 10.4. The van der Waals surface area contributed by atoms with E-state index in [4.69, 9.17) is 11.6 Å². The molecule has 1 aliphatic carbocycles. The van der Waals surface area contributed by atoms with Gasteiger partial charge in [-0.15, -0.1) is 0 Å². The van der Waals surface area contributed by atoms with Gasteiger partial charge in [-0.1, -0.05) is 23.7 Å². The van der Waals surface area contributed by atoms with Crippen LogP contribution in [0.1, 0.15) is 37.3 Å². The lowest BCUT2D eigenvalue weighted by atomic mass is 9.97. The number of benzene rings is 1. The molecule has 5 rings (SSSR count). The number of rotatable bonds is 5. The highest BCUT2D eigenvalue weighted by Gasteiger charge is 2.27. The summed E-state index contributed by atoms with van der Waals surface area (Å²) in [7, 11) is 1.90. The fourth-order valence-electron chi connectivity index (χ4n) is 4.72. The number of anilines is 1. The lowest BCUT2D eigenvalue weighted by Crippen LogP contribution is -2.06. The molecule has 2 atom stereocenters. The number of aryl methyl sites for hydroxylation is 1. The van der Waals surface area contributed by atoms with Crippen molar-refractivity contribution in [3.8, 4) is 0 Å². The molecule has 1 fully saturated rings. The minimum absolute atomic E-state index is 0.515. The molecule has 3 aromatic heterocycles. The minimum Gasteiger partial charge on any atom is -0.372 e. The molecule has 5 nitrogen and oxygen atoms in total. The van der Waals surface area contributed by atoms with Crippen LogP contribution in [0.2, 0.25) is 5.15 Å². The van der Waals surface area contributed by atoms with Crippen LogP contribution in [0, 0.1) is 5.92 Å². The molecule has 1 aromatic carbocycles. The fraction of sp³-hybridized carbons (Fsp3) is 0.348. The van der Waals surface area contributed by atoms with E-state index in [0.29, 0.717) is 11.2 Å². The molecular formula is C23H23BrClN5. The van der Waals surface area contributed by atoms with Gasteiger partial charge in [0, 0.05) is 24.7 Å². The number of pyridine rings is 1. The van der Waals surface area contributed by atoms with Crippen molar-refractivity contribution in [3.05, 3.63) is 58.0 Å². The highest BCUT2D eigenvalue weighted by atomic mass is 79.9. The van der Waals surface area contributed by atoms with Gasteiger partial charge in [0.2, 0.25) is 0 Å². The Balaban J connectivity index is 1.27. The molecule has 2 unspecified atom stereocenters. The van der Waals surface area contributed by atoms with Crippen LogP contribution in [0.5, 0.6) is 0 Å². The summed E-state index contributed by atoms with van der Waals surface area (Å²) in [4.78, 5) is 13.4. The van der Waals surface area contributed by atoms with Crippen molar-refractivity contribution in [1.82, 2.24) is 19.5 Å². The summed E-state index contributed by atoms with van der Waals surface area (Å²) in [5, 5.41) is 5.88. The second-order valence-corrected chi connectivity index (χ2v) is 9.30. The van der Waals surface area contributed by atoms with Crippen molar-refractivity contribution < 1.29 is 0 Å². The Morgan fingerprint density at radius 1 is 1.20 bits per heavy atom. The van der Waals surface area contributed by atoms with Crippen LogP contribution in [0.4, 0.5) is 5.82 Å². The number of fused-ring (bicyclic) bond motifs is 2. The first kappa shape index (κ1) is 19.8. The molecule has 0 saturated heterocycles. The minimum atomic E-state index is 0.515. The third-order valence-corrected chi connectivity index (χ3v) is 7.41. The SMILES string of the molecule is CNc1ncnc2c1ccn2C1CCC(CCc2ccc3cc(Br)c(Cl)nc3c2)C1. The van der Waals surface area contributed by atoms with Crippen LogP contribution in [0.25, 0.3) is 21.9 Å². The van der Waals surface area contributed by atoms with E-state index in [9.17, 15) is 0 Å². The molecule has 154 valence electrons. The van der Waals surface area contributed by atoms with Crippen molar-refractivity contribution in [2.75, 3.05) is 12.4 Å². The van der Waals surface area contributed by atoms with Crippen LogP contribution in [-0.2, 0) is 6.42 Å². The Bertz CT molecular complexity index is 1220. The average Bonchev–Trinajstić information content (AvgIpc) is 3.39. The van der Waals surface area contributed by atoms with Crippen LogP contribution in [0.15, 0.2) is 47.3 Å². The Hall–Kier alpha value is -2.18. The molecular weight excluding hydrogens is 462 g/mol. The summed E-state index contributed by atoms with van der Waals surface area (Å²) in [5.41, 5.74) is 3.32. The molecule has 3 heterocycles. The summed E-state index contributed by atoms with van der Waals surface area (Å²) >= 11 is 9.62. The predicted octanol–water partition coefficient (Wildman–Crippen LogP) is 6.41. The van der Waals surface area contributed by atoms with Crippen molar-refractivity contribution in [1.29, 1.82) is 0 Å². The summed E-state index contributed by atoms with van der Waals surface area (Å²) in [6.45, 7) is 0. The standard InChI is InChI=1S/C23H23BrClN5/c1-26-22-18-8-9-30(23(18)28-13-27-22)17-7-5-14(10-17)2-3-15-4-6-16-12-19(24)21(25)29-20(16)11-15/h4,6,8-9,11-14,17H,2-3,5,7,10H2,1H3,(H,26,27,28). The summed E-state index contributed by atoms with van der Waals surface area (Å²) in [5.74, 6) is 1.63. The molecule has 0 aliphatic heterocycles. The maximum Gasteiger partial charge on any atom is 0.145 e. The lowest BCUT2D eigenvalue weighted by Gasteiger charge is -2.15. The Labute approximate surface area is 189 Å². The maximum absolute atomic E-state index is 6.17. The maximum atomic E-state index is 6.17. The third kappa shape index (κ3) is 3.67. The molecule has 1 N–H and O–H groups in total. The fourth-order valence-corrected chi connectivity index (χ4v) is 5.20. The molecule has 4 aromatic rings. The lowest BCUT2D eigenvalue weighted by molar-refractivity contribution is 0.461. The van der Waals surface area contributed by atoms with Gasteiger partial charge >= 0.3 is 0 Å². The zero-order valence-electron chi connectivity index (χ0n) is 16.8. The molecule has 0 amide bonds. The Morgan fingerprint density at radius 2 is 2.10 bits per heavy atom. The van der Waals surface area contributed by atoms with E-state index in [-0.39, 0.29) is 0 Å². The number of hydrogen-bond acceptors (Lipinski definition) is 4. The first-order valence-corrected chi connectivity index (χ1v) is 11.5. The molecule has 1 aliphatic rings. The second-order valence-electron chi connectivity index (χ2n) is 8.09. The molecule has 0 radical (unpaired) electrons. The first-order chi connectivity index (χ1) is 14.6. The number of nitrogens with zero attached hydrogens (tertiary/aromatic N) is 4. The van der Waals surface area contributed by atoms with Gasteiger partial charge in [-0.2, -0.15) is 0 Å². The van der Waals surface area contributed by atoms with Gasteiger partial charge in [-0.3, -0.25) is 0 Å². The van der Waals surface area contributed by atoms with Gasteiger partial charge in [0.25, 0.3) is 0 Å². The zero-order valence-corrected chi connectivity index (χ0v) is 19.1. The average molecular weight is 485 g/mol. The van der Waals surface area contributed by atoms with Gasteiger partial charge in [-0.25, -0.2) is 15.0 Å². The van der Waals surface area contributed by atoms with Gasteiger partial charge in [0.15, 0.2) is 0 Å². The third-order valence-electron chi connectivity index (χ3n) is 6.29. The Kier molecular flexibility index (Phi) is 5.37.